The first-order chi connectivity index (χ1) is 9.58. The first-order valence-electron chi connectivity index (χ1n) is 6.15. The highest BCUT2D eigenvalue weighted by Gasteiger charge is 2.22. The Hall–Kier alpha value is -0.670. The van der Waals surface area contributed by atoms with E-state index in [0.717, 1.165) is 10.6 Å². The van der Waals surface area contributed by atoms with Gasteiger partial charge in [0.2, 0.25) is 10.0 Å². The summed E-state index contributed by atoms with van der Waals surface area (Å²) in [4.78, 5) is 0.0909. The highest BCUT2D eigenvalue weighted by molar-refractivity contribution is 7.91. The van der Waals surface area contributed by atoms with Crippen molar-refractivity contribution in [2.45, 2.75) is 11.4 Å². The second-order valence-corrected chi connectivity index (χ2v) is 9.45. The number of rotatable bonds is 7. The van der Waals surface area contributed by atoms with Crippen LogP contribution in [-0.4, -0.2) is 53.8 Å². The Kier molecular flexibility index (Phi) is 6.18. The van der Waals surface area contributed by atoms with Gasteiger partial charge in [0, 0.05) is 31.4 Å². The predicted molar refractivity (Wildman–Crippen MR) is 83.7 cm³/mol. The molecule has 0 radical (unpaired) electrons. The lowest BCUT2D eigenvalue weighted by Crippen LogP contribution is -2.31. The maximum Gasteiger partial charge on any atom is 0.242 e. The zero-order chi connectivity index (χ0) is 16.3. The third kappa shape index (κ3) is 5.23. The third-order valence-corrected chi connectivity index (χ3v) is 6.02. The number of benzene rings is 1. The molecule has 120 valence electrons. The van der Waals surface area contributed by atoms with Gasteiger partial charge in [0.25, 0.3) is 0 Å². The number of nitrogens with one attached hydrogen (secondary N) is 1. The van der Waals surface area contributed by atoms with Crippen LogP contribution in [0.25, 0.3) is 0 Å². The molecule has 1 aromatic rings. The summed E-state index contributed by atoms with van der Waals surface area (Å²) >= 11 is 6.00. The zero-order valence-electron chi connectivity index (χ0n) is 12.1. The van der Waals surface area contributed by atoms with Gasteiger partial charge in [0.15, 0.2) is 0 Å². The van der Waals surface area contributed by atoms with Crippen molar-refractivity contribution < 1.29 is 16.8 Å². The summed E-state index contributed by atoms with van der Waals surface area (Å²) < 4.78 is 48.1. The summed E-state index contributed by atoms with van der Waals surface area (Å²) in [5.74, 6) is -0.223. The summed E-state index contributed by atoms with van der Waals surface area (Å²) in [6.07, 6.45) is 1.07. The number of hydrogen-bond acceptors (Lipinski definition) is 5. The lowest BCUT2D eigenvalue weighted by Gasteiger charge is -2.17. The Labute approximate surface area is 131 Å². The molecule has 0 heterocycles. The molecule has 21 heavy (non-hydrogen) atoms. The number of sulfone groups is 1. The lowest BCUT2D eigenvalue weighted by atomic mass is 10.2. The Morgan fingerprint density at radius 3 is 2.38 bits per heavy atom. The summed E-state index contributed by atoms with van der Waals surface area (Å²) in [6, 6.07) is 4.42. The topological polar surface area (TPSA) is 83.6 Å². The highest BCUT2D eigenvalue weighted by Crippen LogP contribution is 2.22. The molecule has 9 heteroatoms. The molecule has 0 saturated carbocycles. The van der Waals surface area contributed by atoms with E-state index in [2.05, 4.69) is 5.32 Å². The van der Waals surface area contributed by atoms with E-state index in [4.69, 9.17) is 11.6 Å². The van der Waals surface area contributed by atoms with Crippen LogP contribution in [0.1, 0.15) is 5.56 Å². The van der Waals surface area contributed by atoms with Gasteiger partial charge >= 0.3 is 0 Å². The second kappa shape index (κ2) is 7.06. The van der Waals surface area contributed by atoms with Crippen LogP contribution in [0.3, 0.4) is 0 Å². The van der Waals surface area contributed by atoms with Crippen LogP contribution in [0.15, 0.2) is 23.1 Å². The molecule has 1 aromatic carbocycles. The van der Waals surface area contributed by atoms with Crippen molar-refractivity contribution in [3.8, 4) is 0 Å². The molecule has 0 atom stereocenters. The SMILES string of the molecule is CNCc1cc(S(=O)(=O)N(C)CCS(C)(=O)=O)ccc1Cl. The van der Waals surface area contributed by atoms with Crippen LogP contribution in [0.4, 0.5) is 0 Å². The van der Waals surface area contributed by atoms with E-state index >= 15 is 0 Å². The van der Waals surface area contributed by atoms with E-state index in [1.807, 2.05) is 0 Å². The van der Waals surface area contributed by atoms with Gasteiger partial charge in [0.05, 0.1) is 10.6 Å². The van der Waals surface area contributed by atoms with Crippen molar-refractivity contribution in [3.63, 3.8) is 0 Å². The molecule has 1 rings (SSSR count). The fourth-order valence-electron chi connectivity index (χ4n) is 1.63. The van der Waals surface area contributed by atoms with Gasteiger partial charge < -0.3 is 5.32 Å². The van der Waals surface area contributed by atoms with Gasteiger partial charge in [-0.05, 0) is 30.8 Å². The van der Waals surface area contributed by atoms with E-state index in [9.17, 15) is 16.8 Å². The van der Waals surface area contributed by atoms with Gasteiger partial charge in [0.1, 0.15) is 9.84 Å². The molecule has 0 unspecified atom stereocenters. The smallest absolute Gasteiger partial charge is 0.242 e. The maximum atomic E-state index is 12.4. The molecule has 0 saturated heterocycles. The van der Waals surface area contributed by atoms with Gasteiger partial charge in [-0.15, -0.1) is 0 Å². The Morgan fingerprint density at radius 1 is 1.24 bits per heavy atom. The van der Waals surface area contributed by atoms with Crippen LogP contribution >= 0.6 is 11.6 Å². The molecule has 0 aromatic heterocycles. The average molecular weight is 355 g/mol. The van der Waals surface area contributed by atoms with Crippen molar-refractivity contribution in [2.24, 2.45) is 0 Å². The predicted octanol–water partition coefficient (Wildman–Crippen LogP) is 0.725. The fourth-order valence-corrected chi connectivity index (χ4v) is 3.76. The fraction of sp³-hybridized carbons (Fsp3) is 0.500. The molecule has 0 fully saturated rings. The van der Waals surface area contributed by atoms with Crippen LogP contribution in [0, 0.1) is 0 Å². The Balaban J connectivity index is 3.04. The van der Waals surface area contributed by atoms with E-state index in [-0.39, 0.29) is 17.2 Å². The Bertz CT molecular complexity index is 702. The summed E-state index contributed by atoms with van der Waals surface area (Å²) in [5, 5.41) is 3.38. The molecule has 1 N–H and O–H groups in total. The molecule has 0 bridgehead atoms. The molecule has 0 amide bonds. The normalized spacial score (nSPS) is 12.8. The first kappa shape index (κ1) is 18.4. The molecule has 0 spiro atoms. The third-order valence-electron chi connectivity index (χ3n) is 2.87. The van der Waals surface area contributed by atoms with Crippen LogP contribution in [0.2, 0.25) is 5.02 Å². The summed E-state index contributed by atoms with van der Waals surface area (Å²) in [5.41, 5.74) is 0.664. The number of halogens is 1. The summed E-state index contributed by atoms with van der Waals surface area (Å²) in [7, 11) is -3.87. The lowest BCUT2D eigenvalue weighted by molar-refractivity contribution is 0.484. The minimum atomic E-state index is -3.74. The van der Waals surface area contributed by atoms with Crippen molar-refractivity contribution in [1.82, 2.24) is 9.62 Å². The van der Waals surface area contributed by atoms with Crippen molar-refractivity contribution >= 4 is 31.5 Å². The Morgan fingerprint density at radius 2 is 1.86 bits per heavy atom. The van der Waals surface area contributed by atoms with Crippen LogP contribution in [0.5, 0.6) is 0 Å². The maximum absolute atomic E-state index is 12.4. The van der Waals surface area contributed by atoms with Gasteiger partial charge in [-0.25, -0.2) is 16.8 Å². The standard InChI is InChI=1S/C12H19ClN2O4S2/c1-14-9-10-8-11(4-5-12(10)13)21(18,19)15(2)6-7-20(3,16)17/h4-5,8,14H,6-7,9H2,1-3H3. The first-order valence-corrected chi connectivity index (χ1v) is 10.0. The molecule has 0 aliphatic heterocycles. The van der Waals surface area contributed by atoms with Crippen LogP contribution in [-0.2, 0) is 26.4 Å². The quantitative estimate of drug-likeness (QED) is 0.780. The molecule has 0 aliphatic rings. The largest absolute Gasteiger partial charge is 0.316 e. The molecule has 0 aliphatic carbocycles. The van der Waals surface area contributed by atoms with E-state index in [0.29, 0.717) is 17.1 Å². The van der Waals surface area contributed by atoms with E-state index < -0.39 is 19.9 Å². The average Bonchev–Trinajstić information content (AvgIpc) is 2.37. The minimum absolute atomic E-state index is 0.0909. The van der Waals surface area contributed by atoms with Crippen LogP contribution < -0.4 is 5.32 Å². The number of hydrogen-bond donors (Lipinski definition) is 1. The molecular formula is C12H19ClN2O4S2. The number of sulfonamides is 1. The summed E-state index contributed by atoms with van der Waals surface area (Å²) in [6.45, 7) is 0.348. The highest BCUT2D eigenvalue weighted by atomic mass is 35.5. The van der Waals surface area contributed by atoms with E-state index in [1.54, 1.807) is 7.05 Å². The van der Waals surface area contributed by atoms with Gasteiger partial charge in [-0.1, -0.05) is 11.6 Å². The monoisotopic (exact) mass is 354 g/mol. The molecule has 6 nitrogen and oxygen atoms in total. The van der Waals surface area contributed by atoms with Gasteiger partial charge in [-0.2, -0.15) is 4.31 Å². The van der Waals surface area contributed by atoms with E-state index in [1.165, 1.54) is 25.2 Å². The zero-order valence-corrected chi connectivity index (χ0v) is 14.5. The van der Waals surface area contributed by atoms with Crippen molar-refractivity contribution in [2.75, 3.05) is 32.6 Å². The second-order valence-electron chi connectivity index (χ2n) is 4.74. The molecular weight excluding hydrogens is 336 g/mol. The number of nitrogens with zero attached hydrogens (tertiary/aromatic N) is 1. The van der Waals surface area contributed by atoms with Gasteiger partial charge in [-0.3, -0.25) is 0 Å². The minimum Gasteiger partial charge on any atom is -0.316 e. The van der Waals surface area contributed by atoms with Crippen molar-refractivity contribution in [1.29, 1.82) is 0 Å². The van der Waals surface area contributed by atoms with Crippen molar-refractivity contribution in [3.05, 3.63) is 28.8 Å².